The van der Waals surface area contributed by atoms with Gasteiger partial charge in [0.05, 0.1) is 5.56 Å². The summed E-state index contributed by atoms with van der Waals surface area (Å²) in [4.78, 5) is 23.4. The average molecular weight is 307 g/mol. The summed E-state index contributed by atoms with van der Waals surface area (Å²) in [5.74, 6) is 0.634. The maximum Gasteiger partial charge on any atom is 0.257 e. The van der Waals surface area contributed by atoms with E-state index in [4.69, 9.17) is 0 Å². The van der Waals surface area contributed by atoms with Crippen LogP contribution in [0.2, 0.25) is 0 Å². The highest BCUT2D eigenvalue weighted by atomic mass is 16.2. The molecule has 0 saturated heterocycles. The highest BCUT2D eigenvalue weighted by Gasteiger charge is 2.26. The van der Waals surface area contributed by atoms with Crippen molar-refractivity contribution in [2.45, 2.75) is 31.7 Å². The van der Waals surface area contributed by atoms with E-state index in [0.717, 1.165) is 18.4 Å². The number of hydrogen-bond donors (Lipinski definition) is 0. The number of hydrogen-bond acceptors (Lipinski definition) is 3. The van der Waals surface area contributed by atoms with Gasteiger partial charge in [0.2, 0.25) is 0 Å². The molecule has 1 fully saturated rings. The van der Waals surface area contributed by atoms with Gasteiger partial charge in [-0.1, -0.05) is 49.2 Å². The smallest absolute Gasteiger partial charge is 0.257 e. The first-order chi connectivity index (χ1) is 11.3. The minimum absolute atomic E-state index is 0.00332. The first-order valence-electron chi connectivity index (χ1n) is 8.09. The fraction of sp³-hybridized carbons (Fsp3) is 0.316. The molecule has 3 rings (SSSR count). The lowest BCUT2D eigenvalue weighted by Gasteiger charge is -2.27. The molecular formula is C19H21N3O. The second kappa shape index (κ2) is 7.18. The number of aromatic nitrogens is 2. The second-order valence-electron chi connectivity index (χ2n) is 5.85. The van der Waals surface area contributed by atoms with Crippen molar-refractivity contribution >= 4 is 5.91 Å². The summed E-state index contributed by atoms with van der Waals surface area (Å²) in [6, 6.07) is 10.1. The Morgan fingerprint density at radius 2 is 1.83 bits per heavy atom. The Balaban J connectivity index is 1.79. The van der Waals surface area contributed by atoms with Crippen LogP contribution in [-0.4, -0.2) is 33.4 Å². The van der Waals surface area contributed by atoms with Crippen molar-refractivity contribution in [3.63, 3.8) is 0 Å². The monoisotopic (exact) mass is 307 g/mol. The van der Waals surface area contributed by atoms with Crippen LogP contribution in [0.5, 0.6) is 0 Å². The van der Waals surface area contributed by atoms with Crippen LogP contribution in [0.25, 0.3) is 11.4 Å². The van der Waals surface area contributed by atoms with Crippen molar-refractivity contribution in [2.24, 2.45) is 0 Å². The molecule has 1 saturated carbocycles. The maximum atomic E-state index is 12.8. The normalized spacial score (nSPS) is 14.6. The molecule has 0 spiro atoms. The van der Waals surface area contributed by atoms with Crippen LogP contribution in [0.1, 0.15) is 36.0 Å². The molecule has 1 aromatic heterocycles. The third-order valence-electron chi connectivity index (χ3n) is 4.28. The van der Waals surface area contributed by atoms with Gasteiger partial charge < -0.3 is 4.90 Å². The molecule has 1 aromatic carbocycles. The molecule has 0 unspecified atom stereocenters. The summed E-state index contributed by atoms with van der Waals surface area (Å²) in [5, 5.41) is 0. The van der Waals surface area contributed by atoms with Crippen LogP contribution in [-0.2, 0) is 0 Å². The number of benzene rings is 1. The zero-order valence-corrected chi connectivity index (χ0v) is 13.2. The van der Waals surface area contributed by atoms with E-state index in [1.165, 1.54) is 12.8 Å². The fourth-order valence-corrected chi connectivity index (χ4v) is 3.09. The minimum Gasteiger partial charge on any atom is -0.332 e. The van der Waals surface area contributed by atoms with Crippen molar-refractivity contribution < 1.29 is 4.79 Å². The quantitative estimate of drug-likeness (QED) is 0.791. The summed E-state index contributed by atoms with van der Waals surface area (Å²) in [6.07, 6.45) is 9.57. The molecule has 1 heterocycles. The van der Waals surface area contributed by atoms with E-state index in [-0.39, 0.29) is 5.91 Å². The second-order valence-corrected chi connectivity index (χ2v) is 5.85. The van der Waals surface area contributed by atoms with Crippen molar-refractivity contribution in [2.75, 3.05) is 6.54 Å². The van der Waals surface area contributed by atoms with Gasteiger partial charge in [-0.3, -0.25) is 4.79 Å². The van der Waals surface area contributed by atoms with Crippen molar-refractivity contribution in [1.29, 1.82) is 0 Å². The Morgan fingerprint density at radius 1 is 1.17 bits per heavy atom. The van der Waals surface area contributed by atoms with E-state index < -0.39 is 0 Å². The Bertz CT molecular complexity index is 661. The lowest BCUT2D eigenvalue weighted by Crippen LogP contribution is -2.39. The Hall–Kier alpha value is -2.49. The van der Waals surface area contributed by atoms with Crippen molar-refractivity contribution in [3.8, 4) is 11.4 Å². The van der Waals surface area contributed by atoms with Gasteiger partial charge in [0, 0.05) is 30.5 Å². The number of amides is 1. The van der Waals surface area contributed by atoms with E-state index >= 15 is 0 Å². The summed E-state index contributed by atoms with van der Waals surface area (Å²) >= 11 is 0. The Labute approximate surface area is 136 Å². The molecule has 4 heteroatoms. The van der Waals surface area contributed by atoms with Gasteiger partial charge in [0.25, 0.3) is 5.91 Å². The van der Waals surface area contributed by atoms with Gasteiger partial charge in [0.15, 0.2) is 5.82 Å². The summed E-state index contributed by atoms with van der Waals surface area (Å²) in [7, 11) is 0. The molecule has 0 radical (unpaired) electrons. The van der Waals surface area contributed by atoms with Gasteiger partial charge in [-0.15, -0.1) is 6.58 Å². The topological polar surface area (TPSA) is 46.1 Å². The maximum absolute atomic E-state index is 12.8. The summed E-state index contributed by atoms with van der Waals surface area (Å²) in [5.41, 5.74) is 1.49. The first-order valence-corrected chi connectivity index (χ1v) is 8.09. The largest absolute Gasteiger partial charge is 0.332 e. The molecule has 0 atom stereocenters. The molecule has 0 aliphatic heterocycles. The predicted octanol–water partition coefficient (Wildman–Crippen LogP) is 3.71. The van der Waals surface area contributed by atoms with Gasteiger partial charge in [-0.2, -0.15) is 0 Å². The number of carbonyl (C=O) groups is 1. The molecule has 1 aliphatic carbocycles. The van der Waals surface area contributed by atoms with Crippen LogP contribution >= 0.6 is 0 Å². The summed E-state index contributed by atoms with van der Waals surface area (Å²) < 4.78 is 0. The number of carbonyl (C=O) groups excluding carboxylic acids is 1. The van der Waals surface area contributed by atoms with Crippen LogP contribution in [0.3, 0.4) is 0 Å². The predicted molar refractivity (Wildman–Crippen MR) is 91.0 cm³/mol. The van der Waals surface area contributed by atoms with E-state index in [1.807, 2.05) is 35.2 Å². The molecule has 1 aliphatic rings. The zero-order chi connectivity index (χ0) is 16.1. The number of nitrogens with zero attached hydrogens (tertiary/aromatic N) is 3. The molecular weight excluding hydrogens is 286 g/mol. The van der Waals surface area contributed by atoms with Gasteiger partial charge in [-0.25, -0.2) is 9.97 Å². The fourth-order valence-electron chi connectivity index (χ4n) is 3.09. The SMILES string of the molecule is C=CCN(C(=O)c1cnc(-c2ccccc2)nc1)C1CCCC1. The standard InChI is InChI=1S/C19H21N3O/c1-2-12-22(17-10-6-7-11-17)19(23)16-13-20-18(21-14-16)15-8-4-3-5-9-15/h2-5,8-9,13-14,17H,1,6-7,10-12H2. The summed E-state index contributed by atoms with van der Waals surface area (Å²) in [6.45, 7) is 4.35. The highest BCUT2D eigenvalue weighted by molar-refractivity contribution is 5.94. The van der Waals surface area contributed by atoms with Crippen LogP contribution in [0, 0.1) is 0 Å². The molecule has 4 nitrogen and oxygen atoms in total. The van der Waals surface area contributed by atoms with Crippen LogP contribution in [0.15, 0.2) is 55.4 Å². The van der Waals surface area contributed by atoms with E-state index in [9.17, 15) is 4.79 Å². The lowest BCUT2D eigenvalue weighted by atomic mass is 10.1. The third-order valence-corrected chi connectivity index (χ3v) is 4.28. The molecule has 1 amide bonds. The van der Waals surface area contributed by atoms with E-state index in [1.54, 1.807) is 18.5 Å². The molecule has 118 valence electrons. The van der Waals surface area contributed by atoms with Crippen LogP contribution in [0.4, 0.5) is 0 Å². The van der Waals surface area contributed by atoms with Crippen molar-refractivity contribution in [1.82, 2.24) is 14.9 Å². The van der Waals surface area contributed by atoms with Crippen molar-refractivity contribution in [3.05, 3.63) is 60.9 Å². The van der Waals surface area contributed by atoms with Gasteiger partial charge >= 0.3 is 0 Å². The minimum atomic E-state index is -0.00332. The van der Waals surface area contributed by atoms with Crippen LogP contribution < -0.4 is 0 Å². The highest BCUT2D eigenvalue weighted by Crippen LogP contribution is 2.25. The Morgan fingerprint density at radius 3 is 2.43 bits per heavy atom. The van der Waals surface area contributed by atoms with E-state index in [0.29, 0.717) is 24.0 Å². The third kappa shape index (κ3) is 3.47. The lowest BCUT2D eigenvalue weighted by molar-refractivity contribution is 0.0705. The zero-order valence-electron chi connectivity index (χ0n) is 13.2. The number of rotatable bonds is 5. The first kappa shape index (κ1) is 15.4. The molecule has 2 aromatic rings. The molecule has 0 N–H and O–H groups in total. The average Bonchev–Trinajstić information content (AvgIpc) is 3.14. The molecule has 23 heavy (non-hydrogen) atoms. The Kier molecular flexibility index (Phi) is 4.81. The van der Waals surface area contributed by atoms with Gasteiger partial charge in [0.1, 0.15) is 0 Å². The van der Waals surface area contributed by atoms with Gasteiger partial charge in [-0.05, 0) is 12.8 Å². The van der Waals surface area contributed by atoms with E-state index in [2.05, 4.69) is 16.5 Å². The molecule has 0 bridgehead atoms.